The standard InChI is InChI=1S/C9H15BrN4/c1-7(3-2-4-11)14-9-8(10)5-12-6-13-9/h5-7H,2-4,11H2,1H3,(H,12,13,14). The highest BCUT2D eigenvalue weighted by Crippen LogP contribution is 2.18. The van der Waals surface area contributed by atoms with Crippen molar-refractivity contribution in [1.82, 2.24) is 9.97 Å². The Morgan fingerprint density at radius 2 is 2.43 bits per heavy atom. The number of nitrogens with one attached hydrogen (secondary N) is 1. The van der Waals surface area contributed by atoms with Gasteiger partial charge < -0.3 is 11.1 Å². The number of halogens is 1. The minimum atomic E-state index is 0.379. The van der Waals surface area contributed by atoms with Gasteiger partial charge in [-0.1, -0.05) is 0 Å². The predicted molar refractivity (Wildman–Crippen MR) is 61.1 cm³/mol. The number of aromatic nitrogens is 2. The van der Waals surface area contributed by atoms with Gasteiger partial charge in [-0.15, -0.1) is 0 Å². The van der Waals surface area contributed by atoms with Crippen molar-refractivity contribution in [2.75, 3.05) is 11.9 Å². The molecule has 1 heterocycles. The van der Waals surface area contributed by atoms with Crippen LogP contribution < -0.4 is 11.1 Å². The normalized spacial score (nSPS) is 12.5. The molecule has 0 spiro atoms. The first kappa shape index (κ1) is 11.4. The lowest BCUT2D eigenvalue weighted by molar-refractivity contribution is 0.660. The Morgan fingerprint density at radius 1 is 1.64 bits per heavy atom. The van der Waals surface area contributed by atoms with Gasteiger partial charge in [0.2, 0.25) is 0 Å². The second-order valence-corrected chi connectivity index (χ2v) is 4.05. The zero-order chi connectivity index (χ0) is 10.4. The zero-order valence-corrected chi connectivity index (χ0v) is 9.79. The van der Waals surface area contributed by atoms with E-state index in [1.165, 1.54) is 6.33 Å². The maximum absolute atomic E-state index is 5.44. The van der Waals surface area contributed by atoms with Gasteiger partial charge in [-0.25, -0.2) is 9.97 Å². The lowest BCUT2D eigenvalue weighted by Crippen LogP contribution is -2.17. The monoisotopic (exact) mass is 258 g/mol. The Morgan fingerprint density at radius 3 is 3.07 bits per heavy atom. The topological polar surface area (TPSA) is 63.8 Å². The van der Waals surface area contributed by atoms with E-state index in [-0.39, 0.29) is 0 Å². The van der Waals surface area contributed by atoms with E-state index in [1.807, 2.05) is 0 Å². The maximum Gasteiger partial charge on any atom is 0.143 e. The first-order valence-corrected chi connectivity index (χ1v) is 5.45. The molecule has 0 aromatic carbocycles. The molecule has 0 saturated carbocycles. The Balaban J connectivity index is 2.47. The number of nitrogens with two attached hydrogens (primary N) is 1. The summed E-state index contributed by atoms with van der Waals surface area (Å²) in [4.78, 5) is 8.02. The smallest absolute Gasteiger partial charge is 0.143 e. The van der Waals surface area contributed by atoms with Gasteiger partial charge in [-0.05, 0) is 42.2 Å². The quantitative estimate of drug-likeness (QED) is 0.846. The van der Waals surface area contributed by atoms with E-state index in [9.17, 15) is 0 Å². The molecule has 0 amide bonds. The van der Waals surface area contributed by atoms with Crippen LogP contribution >= 0.6 is 15.9 Å². The number of nitrogens with zero attached hydrogens (tertiary/aromatic N) is 2. The summed E-state index contributed by atoms with van der Waals surface area (Å²) in [6.45, 7) is 2.85. The summed E-state index contributed by atoms with van der Waals surface area (Å²) >= 11 is 3.38. The molecular weight excluding hydrogens is 244 g/mol. The minimum absolute atomic E-state index is 0.379. The highest BCUT2D eigenvalue weighted by atomic mass is 79.9. The van der Waals surface area contributed by atoms with E-state index < -0.39 is 0 Å². The van der Waals surface area contributed by atoms with Crippen LogP contribution in [0, 0.1) is 0 Å². The molecule has 0 aliphatic heterocycles. The lowest BCUT2D eigenvalue weighted by atomic mass is 10.2. The van der Waals surface area contributed by atoms with Crippen molar-refractivity contribution in [3.8, 4) is 0 Å². The van der Waals surface area contributed by atoms with Crippen molar-refractivity contribution in [3.63, 3.8) is 0 Å². The first-order valence-electron chi connectivity index (χ1n) is 4.66. The number of rotatable bonds is 5. The predicted octanol–water partition coefficient (Wildman–Crippen LogP) is 1.78. The Kier molecular flexibility index (Phi) is 4.82. The molecule has 1 rings (SSSR count). The van der Waals surface area contributed by atoms with Crippen LogP contribution in [0.1, 0.15) is 19.8 Å². The maximum atomic E-state index is 5.44. The zero-order valence-electron chi connectivity index (χ0n) is 8.20. The van der Waals surface area contributed by atoms with Gasteiger partial charge in [-0.2, -0.15) is 0 Å². The summed E-state index contributed by atoms with van der Waals surface area (Å²) in [7, 11) is 0. The third-order valence-corrected chi connectivity index (χ3v) is 2.47. The van der Waals surface area contributed by atoms with Gasteiger partial charge in [0.05, 0.1) is 4.47 Å². The van der Waals surface area contributed by atoms with Crippen molar-refractivity contribution in [2.24, 2.45) is 5.73 Å². The molecule has 0 saturated heterocycles. The van der Waals surface area contributed by atoms with Crippen molar-refractivity contribution in [1.29, 1.82) is 0 Å². The SMILES string of the molecule is CC(CCCN)Nc1ncncc1Br. The van der Waals surface area contributed by atoms with Gasteiger partial charge >= 0.3 is 0 Å². The first-order chi connectivity index (χ1) is 6.74. The fourth-order valence-electron chi connectivity index (χ4n) is 1.15. The van der Waals surface area contributed by atoms with Crippen LogP contribution in [0.4, 0.5) is 5.82 Å². The molecule has 1 aromatic rings. The van der Waals surface area contributed by atoms with E-state index in [0.29, 0.717) is 6.04 Å². The Hall–Kier alpha value is -0.680. The highest BCUT2D eigenvalue weighted by molar-refractivity contribution is 9.10. The van der Waals surface area contributed by atoms with Crippen LogP contribution in [0.15, 0.2) is 17.0 Å². The molecule has 0 radical (unpaired) electrons. The molecule has 78 valence electrons. The second kappa shape index (κ2) is 5.93. The fraction of sp³-hybridized carbons (Fsp3) is 0.556. The van der Waals surface area contributed by atoms with Gasteiger partial charge in [0, 0.05) is 12.2 Å². The van der Waals surface area contributed by atoms with Crippen LogP contribution in [-0.4, -0.2) is 22.6 Å². The van der Waals surface area contributed by atoms with Gasteiger partial charge in [-0.3, -0.25) is 0 Å². The summed E-state index contributed by atoms with van der Waals surface area (Å²) in [6.07, 6.45) is 5.33. The molecule has 1 aromatic heterocycles. The third kappa shape index (κ3) is 3.59. The summed E-state index contributed by atoms with van der Waals surface area (Å²) in [5.41, 5.74) is 5.44. The molecule has 0 bridgehead atoms. The third-order valence-electron chi connectivity index (χ3n) is 1.89. The molecule has 1 unspecified atom stereocenters. The molecule has 0 aliphatic rings. The van der Waals surface area contributed by atoms with Crippen molar-refractivity contribution in [2.45, 2.75) is 25.8 Å². The molecule has 14 heavy (non-hydrogen) atoms. The van der Waals surface area contributed by atoms with E-state index in [1.54, 1.807) is 6.20 Å². The fourth-order valence-corrected chi connectivity index (χ4v) is 1.48. The molecular formula is C9H15BrN4. The van der Waals surface area contributed by atoms with Crippen LogP contribution in [0.5, 0.6) is 0 Å². The number of hydrogen-bond acceptors (Lipinski definition) is 4. The van der Waals surface area contributed by atoms with Crippen molar-refractivity contribution in [3.05, 3.63) is 17.0 Å². The van der Waals surface area contributed by atoms with E-state index in [0.717, 1.165) is 29.7 Å². The van der Waals surface area contributed by atoms with Crippen LogP contribution in [0.2, 0.25) is 0 Å². The van der Waals surface area contributed by atoms with Crippen LogP contribution in [0.3, 0.4) is 0 Å². The summed E-state index contributed by atoms with van der Waals surface area (Å²) in [6, 6.07) is 0.379. The van der Waals surface area contributed by atoms with Crippen molar-refractivity contribution < 1.29 is 0 Å². The van der Waals surface area contributed by atoms with Crippen LogP contribution in [-0.2, 0) is 0 Å². The molecule has 0 aliphatic carbocycles. The lowest BCUT2D eigenvalue weighted by Gasteiger charge is -2.14. The summed E-state index contributed by atoms with van der Waals surface area (Å²) < 4.78 is 0.889. The second-order valence-electron chi connectivity index (χ2n) is 3.20. The highest BCUT2D eigenvalue weighted by Gasteiger charge is 2.05. The van der Waals surface area contributed by atoms with Gasteiger partial charge in [0.25, 0.3) is 0 Å². The van der Waals surface area contributed by atoms with E-state index in [2.05, 4.69) is 38.1 Å². The van der Waals surface area contributed by atoms with Gasteiger partial charge in [0.15, 0.2) is 0 Å². The minimum Gasteiger partial charge on any atom is -0.367 e. The number of hydrogen-bond donors (Lipinski definition) is 2. The molecule has 1 atom stereocenters. The summed E-state index contributed by atoms with van der Waals surface area (Å²) in [5, 5.41) is 3.29. The number of anilines is 1. The Labute approximate surface area is 92.5 Å². The van der Waals surface area contributed by atoms with E-state index >= 15 is 0 Å². The largest absolute Gasteiger partial charge is 0.367 e. The average molecular weight is 259 g/mol. The molecule has 3 N–H and O–H groups in total. The summed E-state index contributed by atoms with van der Waals surface area (Å²) in [5.74, 6) is 0.838. The molecule has 5 heteroatoms. The van der Waals surface area contributed by atoms with Gasteiger partial charge in [0.1, 0.15) is 12.1 Å². The van der Waals surface area contributed by atoms with Crippen LogP contribution in [0.25, 0.3) is 0 Å². The average Bonchev–Trinajstić information content (AvgIpc) is 2.18. The Bertz CT molecular complexity index is 279. The van der Waals surface area contributed by atoms with E-state index in [4.69, 9.17) is 5.73 Å². The molecule has 0 fully saturated rings. The molecule has 4 nitrogen and oxygen atoms in total. The van der Waals surface area contributed by atoms with Crippen molar-refractivity contribution >= 4 is 21.7 Å².